The van der Waals surface area contributed by atoms with Gasteiger partial charge >= 0.3 is 4.87 Å². The number of hydrogen-bond acceptors (Lipinski definition) is 2. The first-order valence-corrected chi connectivity index (χ1v) is 7.87. The second kappa shape index (κ2) is 5.81. The van der Waals surface area contributed by atoms with Gasteiger partial charge in [-0.3, -0.25) is 9.36 Å². The standard InChI is InChI=1S/C16H14ClNOS/c17-11-10-13(12-6-2-1-3-7-12)18-14-8-4-5-9-15(14)20-16(18)19/h1-9,13H,10-11H2/t13-/m1/s1. The molecule has 0 aliphatic heterocycles. The zero-order valence-electron chi connectivity index (χ0n) is 10.8. The van der Waals surface area contributed by atoms with Crippen LogP contribution in [0.2, 0.25) is 0 Å². The lowest BCUT2D eigenvalue weighted by molar-refractivity contribution is 0.578. The fourth-order valence-corrected chi connectivity index (χ4v) is 3.64. The maximum absolute atomic E-state index is 12.4. The number of alkyl halides is 1. The van der Waals surface area contributed by atoms with Crippen LogP contribution in [0.5, 0.6) is 0 Å². The number of nitrogens with zero attached hydrogens (tertiary/aromatic N) is 1. The van der Waals surface area contributed by atoms with E-state index in [4.69, 9.17) is 11.6 Å². The molecule has 1 heterocycles. The maximum Gasteiger partial charge on any atom is 0.308 e. The second-order valence-electron chi connectivity index (χ2n) is 4.61. The molecular weight excluding hydrogens is 290 g/mol. The highest BCUT2D eigenvalue weighted by Crippen LogP contribution is 2.27. The minimum atomic E-state index is -0.00245. The molecule has 0 saturated heterocycles. The van der Waals surface area contributed by atoms with E-state index < -0.39 is 0 Å². The Balaban J connectivity index is 2.20. The van der Waals surface area contributed by atoms with Crippen LogP contribution in [0.1, 0.15) is 18.0 Å². The lowest BCUT2D eigenvalue weighted by Gasteiger charge is -2.18. The van der Waals surface area contributed by atoms with E-state index in [-0.39, 0.29) is 10.9 Å². The molecule has 2 nitrogen and oxygen atoms in total. The molecule has 1 aromatic heterocycles. The predicted molar refractivity (Wildman–Crippen MR) is 86.0 cm³/mol. The molecule has 0 aliphatic carbocycles. The van der Waals surface area contributed by atoms with Gasteiger partial charge in [-0.2, -0.15) is 0 Å². The highest BCUT2D eigenvalue weighted by atomic mass is 35.5. The summed E-state index contributed by atoms with van der Waals surface area (Å²) in [5.74, 6) is 0.524. The van der Waals surface area contributed by atoms with E-state index in [9.17, 15) is 4.79 Å². The molecule has 0 unspecified atom stereocenters. The fourth-order valence-electron chi connectivity index (χ4n) is 2.50. The number of halogens is 1. The monoisotopic (exact) mass is 303 g/mol. The molecule has 0 spiro atoms. The van der Waals surface area contributed by atoms with E-state index in [0.717, 1.165) is 22.2 Å². The lowest BCUT2D eigenvalue weighted by Crippen LogP contribution is -2.21. The van der Waals surface area contributed by atoms with Crippen molar-refractivity contribution in [3.63, 3.8) is 0 Å². The molecule has 0 N–H and O–H groups in total. The number of para-hydroxylation sites is 1. The van der Waals surface area contributed by atoms with Crippen molar-refractivity contribution in [2.45, 2.75) is 12.5 Å². The van der Waals surface area contributed by atoms with Gasteiger partial charge in [0.05, 0.1) is 16.3 Å². The third-order valence-electron chi connectivity index (χ3n) is 3.40. The minimum Gasteiger partial charge on any atom is -0.291 e. The summed E-state index contributed by atoms with van der Waals surface area (Å²) in [7, 11) is 0. The first-order chi connectivity index (χ1) is 9.81. The summed E-state index contributed by atoms with van der Waals surface area (Å²) in [4.78, 5) is 12.4. The van der Waals surface area contributed by atoms with Crippen LogP contribution in [0.3, 0.4) is 0 Å². The van der Waals surface area contributed by atoms with E-state index in [1.54, 1.807) is 0 Å². The number of benzene rings is 2. The molecule has 0 bridgehead atoms. The largest absolute Gasteiger partial charge is 0.308 e. The van der Waals surface area contributed by atoms with Crippen LogP contribution in [0.25, 0.3) is 10.2 Å². The van der Waals surface area contributed by atoms with Crippen molar-refractivity contribution in [2.75, 3.05) is 5.88 Å². The van der Waals surface area contributed by atoms with Crippen molar-refractivity contribution in [2.24, 2.45) is 0 Å². The maximum atomic E-state index is 12.4. The van der Waals surface area contributed by atoms with Crippen LogP contribution >= 0.6 is 22.9 Å². The van der Waals surface area contributed by atoms with E-state index in [2.05, 4.69) is 12.1 Å². The van der Waals surface area contributed by atoms with E-state index in [1.807, 2.05) is 47.0 Å². The summed E-state index contributed by atoms with van der Waals surface area (Å²) in [6, 6.07) is 18.0. The van der Waals surface area contributed by atoms with Gasteiger partial charge < -0.3 is 0 Å². The zero-order chi connectivity index (χ0) is 13.9. The van der Waals surface area contributed by atoms with Gasteiger partial charge in [-0.15, -0.1) is 11.6 Å². The topological polar surface area (TPSA) is 22.0 Å². The van der Waals surface area contributed by atoms with Gasteiger partial charge in [0.25, 0.3) is 0 Å². The summed E-state index contributed by atoms with van der Waals surface area (Å²) in [6.45, 7) is 0. The van der Waals surface area contributed by atoms with Gasteiger partial charge in [0, 0.05) is 5.88 Å². The van der Waals surface area contributed by atoms with Crippen molar-refractivity contribution in [1.29, 1.82) is 0 Å². The van der Waals surface area contributed by atoms with Crippen LogP contribution in [-0.2, 0) is 0 Å². The van der Waals surface area contributed by atoms with Gasteiger partial charge in [0.15, 0.2) is 0 Å². The third-order valence-corrected chi connectivity index (χ3v) is 4.55. The summed E-state index contributed by atoms with van der Waals surface area (Å²) in [5, 5.41) is 0. The molecule has 1 atom stereocenters. The van der Waals surface area contributed by atoms with Crippen LogP contribution in [0, 0.1) is 0 Å². The number of rotatable bonds is 4. The van der Waals surface area contributed by atoms with Gasteiger partial charge in [0.1, 0.15) is 0 Å². The van der Waals surface area contributed by atoms with Crippen LogP contribution in [0.15, 0.2) is 59.4 Å². The highest BCUT2D eigenvalue weighted by molar-refractivity contribution is 7.16. The molecule has 20 heavy (non-hydrogen) atoms. The summed E-state index contributed by atoms with van der Waals surface area (Å²) in [6.07, 6.45) is 0.742. The Kier molecular flexibility index (Phi) is 3.90. The first-order valence-electron chi connectivity index (χ1n) is 6.52. The molecule has 102 valence electrons. The summed E-state index contributed by atoms with van der Waals surface area (Å²) < 4.78 is 2.89. The van der Waals surface area contributed by atoms with E-state index in [0.29, 0.717) is 5.88 Å². The molecule has 0 amide bonds. The Morgan fingerprint density at radius 2 is 1.75 bits per heavy atom. The molecule has 0 radical (unpaired) electrons. The van der Waals surface area contributed by atoms with Gasteiger partial charge in [-0.05, 0) is 24.1 Å². The molecule has 4 heteroatoms. The Labute approximate surface area is 126 Å². The Bertz CT molecular complexity index is 763. The summed E-state index contributed by atoms with van der Waals surface area (Å²) in [5.41, 5.74) is 2.11. The highest BCUT2D eigenvalue weighted by Gasteiger charge is 2.18. The average molecular weight is 304 g/mol. The normalized spacial score (nSPS) is 12.7. The molecule has 3 rings (SSSR count). The van der Waals surface area contributed by atoms with E-state index in [1.165, 1.54) is 11.3 Å². The number of thiazole rings is 1. The zero-order valence-corrected chi connectivity index (χ0v) is 12.4. The molecule has 0 saturated carbocycles. The van der Waals surface area contributed by atoms with Crippen molar-refractivity contribution < 1.29 is 0 Å². The number of fused-ring (bicyclic) bond motifs is 1. The molecule has 0 aliphatic rings. The fraction of sp³-hybridized carbons (Fsp3) is 0.188. The third kappa shape index (κ3) is 2.39. The lowest BCUT2D eigenvalue weighted by atomic mass is 10.0. The summed E-state index contributed by atoms with van der Waals surface area (Å²) >= 11 is 7.25. The van der Waals surface area contributed by atoms with Crippen molar-refractivity contribution in [1.82, 2.24) is 4.57 Å². The second-order valence-corrected chi connectivity index (χ2v) is 5.98. The minimum absolute atomic E-state index is 0.00245. The molecular formula is C16H14ClNOS. The Morgan fingerprint density at radius 1 is 1.05 bits per heavy atom. The van der Waals surface area contributed by atoms with Crippen LogP contribution in [0.4, 0.5) is 0 Å². The molecule has 0 fully saturated rings. The van der Waals surface area contributed by atoms with Crippen molar-refractivity contribution in [3.8, 4) is 0 Å². The smallest absolute Gasteiger partial charge is 0.291 e. The van der Waals surface area contributed by atoms with E-state index >= 15 is 0 Å². The Morgan fingerprint density at radius 3 is 2.50 bits per heavy atom. The van der Waals surface area contributed by atoms with Crippen molar-refractivity contribution >= 4 is 33.2 Å². The predicted octanol–water partition coefficient (Wildman–Crippen LogP) is 4.28. The quantitative estimate of drug-likeness (QED) is 0.659. The molecule has 3 aromatic rings. The van der Waals surface area contributed by atoms with Crippen LogP contribution in [-0.4, -0.2) is 10.4 Å². The van der Waals surface area contributed by atoms with Gasteiger partial charge in [0.2, 0.25) is 0 Å². The van der Waals surface area contributed by atoms with Crippen LogP contribution < -0.4 is 4.87 Å². The number of hydrogen-bond donors (Lipinski definition) is 0. The average Bonchev–Trinajstić information content (AvgIpc) is 2.82. The van der Waals surface area contributed by atoms with Gasteiger partial charge in [-0.1, -0.05) is 53.8 Å². The van der Waals surface area contributed by atoms with Gasteiger partial charge in [-0.25, -0.2) is 0 Å². The number of aromatic nitrogens is 1. The first kappa shape index (κ1) is 13.4. The van der Waals surface area contributed by atoms with Crippen molar-refractivity contribution in [3.05, 3.63) is 69.8 Å². The molecule has 2 aromatic carbocycles. The SMILES string of the molecule is O=c1sc2ccccc2n1[C@H](CCCl)c1ccccc1. The Hall–Kier alpha value is -1.58.